The topological polar surface area (TPSA) is 77.6 Å². The zero-order chi connectivity index (χ0) is 14.0. The Morgan fingerprint density at radius 3 is 2.84 bits per heavy atom. The van der Waals surface area contributed by atoms with E-state index in [1.807, 2.05) is 6.92 Å². The maximum atomic E-state index is 12.7. The molecule has 1 aliphatic heterocycles. The molecule has 2 N–H and O–H groups in total. The largest absolute Gasteiger partial charge is 0.378 e. The first kappa shape index (κ1) is 14.5. The van der Waals surface area contributed by atoms with Gasteiger partial charge in [0.25, 0.3) is 0 Å². The molecular formula is C12H21N3O3S. The minimum absolute atomic E-state index is 0.0831. The van der Waals surface area contributed by atoms with Crippen LogP contribution in [0.2, 0.25) is 0 Å². The standard InChI is InChI=1S/C12H21N3O3S/c1-3-10-9-18-5-4-15(10)19(16,17)12-6-11(7-13)14(2)8-12/h6,8,10H,3-5,7,9,13H2,1-2H3. The lowest BCUT2D eigenvalue weighted by Crippen LogP contribution is -2.48. The van der Waals surface area contributed by atoms with E-state index in [-0.39, 0.29) is 6.04 Å². The van der Waals surface area contributed by atoms with Gasteiger partial charge in [0.2, 0.25) is 10.0 Å². The summed E-state index contributed by atoms with van der Waals surface area (Å²) in [7, 11) is -1.65. The van der Waals surface area contributed by atoms with Crippen molar-refractivity contribution < 1.29 is 13.2 Å². The molecule has 2 rings (SSSR count). The van der Waals surface area contributed by atoms with Crippen molar-refractivity contribution in [2.75, 3.05) is 19.8 Å². The van der Waals surface area contributed by atoms with Crippen molar-refractivity contribution in [3.63, 3.8) is 0 Å². The van der Waals surface area contributed by atoms with Crippen LogP contribution in [0.25, 0.3) is 0 Å². The minimum atomic E-state index is -3.46. The molecule has 0 saturated carbocycles. The molecule has 108 valence electrons. The number of nitrogens with two attached hydrogens (primary N) is 1. The molecule has 7 heteroatoms. The molecule has 1 unspecified atom stereocenters. The van der Waals surface area contributed by atoms with E-state index in [0.29, 0.717) is 31.2 Å². The van der Waals surface area contributed by atoms with Crippen molar-refractivity contribution in [1.29, 1.82) is 0 Å². The smallest absolute Gasteiger partial charge is 0.245 e. The van der Waals surface area contributed by atoms with Gasteiger partial charge in [-0.15, -0.1) is 0 Å². The summed E-state index contributed by atoms with van der Waals surface area (Å²) in [6, 6.07) is 1.57. The Balaban J connectivity index is 2.34. The van der Waals surface area contributed by atoms with E-state index in [1.165, 1.54) is 0 Å². The minimum Gasteiger partial charge on any atom is -0.378 e. The van der Waals surface area contributed by atoms with Crippen molar-refractivity contribution in [2.45, 2.75) is 30.8 Å². The molecule has 1 saturated heterocycles. The van der Waals surface area contributed by atoms with Gasteiger partial charge in [-0.3, -0.25) is 0 Å². The van der Waals surface area contributed by atoms with Crippen LogP contribution in [0, 0.1) is 0 Å². The molecule has 1 aromatic rings. The van der Waals surface area contributed by atoms with Crippen LogP contribution in [0.15, 0.2) is 17.2 Å². The number of ether oxygens (including phenoxy) is 1. The number of hydrogen-bond donors (Lipinski definition) is 1. The summed E-state index contributed by atoms with van der Waals surface area (Å²) < 4.78 is 34.0. The number of sulfonamides is 1. The Kier molecular flexibility index (Phi) is 4.29. The Morgan fingerprint density at radius 2 is 2.26 bits per heavy atom. The summed E-state index contributed by atoms with van der Waals surface area (Å²) in [4.78, 5) is 0.316. The first-order valence-electron chi connectivity index (χ1n) is 6.45. The zero-order valence-corrected chi connectivity index (χ0v) is 12.2. The Hall–Kier alpha value is -0.890. The molecule has 6 nitrogen and oxygen atoms in total. The second-order valence-corrected chi connectivity index (χ2v) is 6.63. The predicted octanol–water partition coefficient (Wildman–Crippen LogP) is 0.283. The maximum absolute atomic E-state index is 12.7. The highest BCUT2D eigenvalue weighted by molar-refractivity contribution is 7.89. The van der Waals surface area contributed by atoms with Gasteiger partial charge in [-0.25, -0.2) is 8.42 Å². The van der Waals surface area contributed by atoms with Gasteiger partial charge in [0, 0.05) is 38.1 Å². The quantitative estimate of drug-likeness (QED) is 0.863. The molecule has 0 bridgehead atoms. The molecule has 1 atom stereocenters. The van der Waals surface area contributed by atoms with Crippen molar-refractivity contribution in [3.8, 4) is 0 Å². The molecule has 0 aliphatic carbocycles. The van der Waals surface area contributed by atoms with Crippen LogP contribution < -0.4 is 5.73 Å². The number of morpholine rings is 1. The van der Waals surface area contributed by atoms with E-state index in [2.05, 4.69) is 0 Å². The fourth-order valence-electron chi connectivity index (χ4n) is 2.33. The second kappa shape index (κ2) is 5.62. The lowest BCUT2D eigenvalue weighted by atomic mass is 10.2. The molecule has 1 aliphatic rings. The Labute approximate surface area is 114 Å². The number of nitrogens with zero attached hydrogens (tertiary/aromatic N) is 2. The van der Waals surface area contributed by atoms with Gasteiger partial charge in [0.05, 0.1) is 13.2 Å². The summed E-state index contributed by atoms with van der Waals surface area (Å²) in [6.07, 6.45) is 2.37. The van der Waals surface area contributed by atoms with E-state index >= 15 is 0 Å². The van der Waals surface area contributed by atoms with Crippen LogP contribution in [-0.4, -0.2) is 43.1 Å². The molecule has 1 aromatic heterocycles. The summed E-state index contributed by atoms with van der Waals surface area (Å²) in [5.74, 6) is 0. The SMILES string of the molecule is CCC1COCCN1S(=O)(=O)c1cc(CN)n(C)c1. The number of aromatic nitrogens is 1. The van der Waals surface area contributed by atoms with E-state index in [0.717, 1.165) is 12.1 Å². The van der Waals surface area contributed by atoms with Crippen LogP contribution >= 0.6 is 0 Å². The van der Waals surface area contributed by atoms with Gasteiger partial charge >= 0.3 is 0 Å². The number of aryl methyl sites for hydroxylation is 1. The average molecular weight is 287 g/mol. The predicted molar refractivity (Wildman–Crippen MR) is 72.1 cm³/mol. The molecule has 0 amide bonds. The molecule has 0 spiro atoms. The Morgan fingerprint density at radius 1 is 1.53 bits per heavy atom. The highest BCUT2D eigenvalue weighted by Gasteiger charge is 2.33. The van der Waals surface area contributed by atoms with E-state index in [4.69, 9.17) is 10.5 Å². The summed E-state index contributed by atoms with van der Waals surface area (Å²) in [6.45, 7) is 3.62. The summed E-state index contributed by atoms with van der Waals surface area (Å²) >= 11 is 0. The van der Waals surface area contributed by atoms with Gasteiger partial charge in [0.1, 0.15) is 4.90 Å². The molecule has 0 aromatic carbocycles. The maximum Gasteiger partial charge on any atom is 0.245 e. The fourth-order valence-corrected chi connectivity index (χ4v) is 4.10. The van der Waals surface area contributed by atoms with Gasteiger partial charge in [-0.2, -0.15) is 4.31 Å². The van der Waals surface area contributed by atoms with Crippen molar-refractivity contribution in [1.82, 2.24) is 8.87 Å². The van der Waals surface area contributed by atoms with Crippen LogP contribution in [0.1, 0.15) is 19.0 Å². The third kappa shape index (κ3) is 2.69. The molecular weight excluding hydrogens is 266 g/mol. The van der Waals surface area contributed by atoms with Crippen LogP contribution in [-0.2, 0) is 28.4 Å². The van der Waals surface area contributed by atoms with E-state index < -0.39 is 10.0 Å². The third-order valence-corrected chi connectivity index (χ3v) is 5.46. The molecule has 2 heterocycles. The monoisotopic (exact) mass is 287 g/mol. The summed E-state index contributed by atoms with van der Waals surface area (Å²) in [5, 5.41) is 0. The first-order valence-corrected chi connectivity index (χ1v) is 7.89. The second-order valence-electron chi connectivity index (χ2n) is 4.73. The normalized spacial score (nSPS) is 21.7. The van der Waals surface area contributed by atoms with Gasteiger partial charge in [0.15, 0.2) is 0 Å². The van der Waals surface area contributed by atoms with Crippen LogP contribution in [0.4, 0.5) is 0 Å². The lowest BCUT2D eigenvalue weighted by Gasteiger charge is -2.33. The van der Waals surface area contributed by atoms with Crippen LogP contribution in [0.3, 0.4) is 0 Å². The average Bonchev–Trinajstić information content (AvgIpc) is 2.80. The zero-order valence-electron chi connectivity index (χ0n) is 11.4. The van der Waals surface area contributed by atoms with E-state index in [9.17, 15) is 8.42 Å². The number of rotatable bonds is 4. The summed E-state index contributed by atoms with van der Waals surface area (Å²) in [5.41, 5.74) is 6.40. The lowest BCUT2D eigenvalue weighted by molar-refractivity contribution is 0.0314. The van der Waals surface area contributed by atoms with Crippen molar-refractivity contribution in [3.05, 3.63) is 18.0 Å². The highest BCUT2D eigenvalue weighted by atomic mass is 32.2. The molecule has 19 heavy (non-hydrogen) atoms. The fraction of sp³-hybridized carbons (Fsp3) is 0.667. The van der Waals surface area contributed by atoms with Crippen molar-refractivity contribution >= 4 is 10.0 Å². The Bertz CT molecular complexity index is 538. The van der Waals surface area contributed by atoms with Gasteiger partial charge in [-0.1, -0.05) is 6.92 Å². The number of hydrogen-bond acceptors (Lipinski definition) is 4. The highest BCUT2D eigenvalue weighted by Crippen LogP contribution is 2.23. The first-order chi connectivity index (χ1) is 9.00. The van der Waals surface area contributed by atoms with E-state index in [1.54, 1.807) is 28.2 Å². The molecule has 0 radical (unpaired) electrons. The third-order valence-electron chi connectivity index (χ3n) is 3.54. The van der Waals surface area contributed by atoms with Crippen LogP contribution in [0.5, 0.6) is 0 Å². The molecule has 1 fully saturated rings. The van der Waals surface area contributed by atoms with Gasteiger partial charge in [-0.05, 0) is 12.5 Å². The van der Waals surface area contributed by atoms with Gasteiger partial charge < -0.3 is 15.0 Å². The van der Waals surface area contributed by atoms with Crippen molar-refractivity contribution in [2.24, 2.45) is 12.8 Å².